The Morgan fingerprint density at radius 1 is 1.27 bits per heavy atom. The van der Waals surface area contributed by atoms with Crippen molar-refractivity contribution in [1.82, 2.24) is 14.3 Å². The molecule has 2 heterocycles. The van der Waals surface area contributed by atoms with E-state index in [0.29, 0.717) is 0 Å². The summed E-state index contributed by atoms with van der Waals surface area (Å²) >= 11 is 6.23. The number of nitrogens with zero attached hydrogens (tertiary/aromatic N) is 3. The number of fused-ring (bicyclic) bond motifs is 1. The number of hydrogen-bond acceptors (Lipinski definition) is 2. The maximum atomic E-state index is 10.6. The minimum atomic E-state index is 0. The molecular formula is C16H15ClKN3O. The first-order valence-corrected chi connectivity index (χ1v) is 6.92. The molecule has 2 aromatic heterocycles. The zero-order valence-electron chi connectivity index (χ0n) is 11.7. The van der Waals surface area contributed by atoms with Gasteiger partial charge in [-0.15, -0.1) is 0 Å². The van der Waals surface area contributed by atoms with Gasteiger partial charge in [0, 0.05) is 29.2 Å². The summed E-state index contributed by atoms with van der Waals surface area (Å²) in [6.45, 7) is 1.92. The third-order valence-electron chi connectivity index (χ3n) is 3.49. The Labute approximate surface area is 176 Å². The number of rotatable bonds is 3. The van der Waals surface area contributed by atoms with Crippen LogP contribution in [-0.2, 0) is 11.8 Å². The van der Waals surface area contributed by atoms with Gasteiger partial charge in [0.1, 0.15) is 12.1 Å². The molecule has 0 unspecified atom stereocenters. The fourth-order valence-electron chi connectivity index (χ4n) is 2.59. The monoisotopic (exact) mass is 339 g/mol. The van der Waals surface area contributed by atoms with Crippen molar-refractivity contribution in [3.05, 3.63) is 52.8 Å². The van der Waals surface area contributed by atoms with E-state index in [0.717, 1.165) is 39.3 Å². The minimum absolute atomic E-state index is 0. The van der Waals surface area contributed by atoms with Gasteiger partial charge in [-0.25, -0.2) is 0 Å². The summed E-state index contributed by atoms with van der Waals surface area (Å²) in [5.41, 5.74) is 2.79. The van der Waals surface area contributed by atoms with Crippen molar-refractivity contribution in [3.63, 3.8) is 0 Å². The zero-order valence-corrected chi connectivity index (χ0v) is 12.5. The molecule has 0 radical (unpaired) electrons. The van der Waals surface area contributed by atoms with Crippen LogP contribution in [0.3, 0.4) is 0 Å². The van der Waals surface area contributed by atoms with Gasteiger partial charge in [0.25, 0.3) is 0 Å². The predicted molar refractivity (Wildman–Crippen MR) is 92.0 cm³/mol. The maximum absolute atomic E-state index is 10.6. The van der Waals surface area contributed by atoms with E-state index < -0.39 is 0 Å². The first-order valence-electron chi connectivity index (χ1n) is 6.55. The number of aldehydes is 1. The second kappa shape index (κ2) is 7.25. The molecule has 22 heavy (non-hydrogen) atoms. The topological polar surface area (TPSA) is 39.8 Å². The van der Waals surface area contributed by atoms with Gasteiger partial charge in [0.05, 0.1) is 11.2 Å². The summed E-state index contributed by atoms with van der Waals surface area (Å²) in [6, 6.07) is 7.78. The molecule has 0 aliphatic carbocycles. The van der Waals surface area contributed by atoms with E-state index in [1.165, 1.54) is 6.08 Å². The van der Waals surface area contributed by atoms with Crippen molar-refractivity contribution in [3.8, 4) is 5.82 Å². The molecule has 4 nitrogen and oxygen atoms in total. The van der Waals surface area contributed by atoms with Gasteiger partial charge in [-0.1, -0.05) is 17.7 Å². The fourth-order valence-corrected chi connectivity index (χ4v) is 2.83. The number of aromatic nitrogens is 3. The third kappa shape index (κ3) is 3.02. The van der Waals surface area contributed by atoms with E-state index in [2.05, 4.69) is 5.10 Å². The normalized spacial score (nSPS) is 11.0. The number of carbonyl (C=O) groups is 1. The van der Waals surface area contributed by atoms with Crippen molar-refractivity contribution in [2.45, 2.75) is 6.92 Å². The van der Waals surface area contributed by atoms with Gasteiger partial charge in [0.15, 0.2) is 0 Å². The van der Waals surface area contributed by atoms with E-state index in [1.807, 2.05) is 49.0 Å². The summed E-state index contributed by atoms with van der Waals surface area (Å²) < 4.78 is 3.84. The van der Waals surface area contributed by atoms with Crippen LogP contribution in [0.2, 0.25) is 5.02 Å². The van der Waals surface area contributed by atoms with Crippen molar-refractivity contribution in [2.24, 2.45) is 7.05 Å². The molecule has 3 rings (SSSR count). The standard InChI is InChI=1S/C16H14ClN3O.K.H/c1-11-12(5-4-10-21)16(19(2)18-11)20-9-8-13-14(17)6-3-7-15(13)20;;/h3-10H,1-2H3;;/b5-4+;;. The summed E-state index contributed by atoms with van der Waals surface area (Å²) in [7, 11) is 1.89. The van der Waals surface area contributed by atoms with Crippen LogP contribution in [0.25, 0.3) is 22.8 Å². The van der Waals surface area contributed by atoms with Gasteiger partial charge in [-0.2, -0.15) is 5.10 Å². The van der Waals surface area contributed by atoms with Crippen LogP contribution in [0.5, 0.6) is 0 Å². The Balaban J connectivity index is 0.00000176. The average Bonchev–Trinajstić information content (AvgIpc) is 2.98. The number of allylic oxidation sites excluding steroid dienone is 1. The molecule has 0 aliphatic rings. The van der Waals surface area contributed by atoms with E-state index in [4.69, 9.17) is 11.6 Å². The second-order valence-corrected chi connectivity index (χ2v) is 5.21. The summed E-state index contributed by atoms with van der Waals surface area (Å²) in [5, 5.41) is 6.15. The van der Waals surface area contributed by atoms with Crippen LogP contribution in [0.4, 0.5) is 0 Å². The van der Waals surface area contributed by atoms with Gasteiger partial charge in [-0.3, -0.25) is 9.48 Å². The van der Waals surface area contributed by atoms with Crippen LogP contribution in [0, 0.1) is 6.92 Å². The van der Waals surface area contributed by atoms with E-state index in [1.54, 1.807) is 10.8 Å². The van der Waals surface area contributed by atoms with Crippen molar-refractivity contribution < 1.29 is 4.79 Å². The van der Waals surface area contributed by atoms with Crippen LogP contribution < -0.4 is 0 Å². The molecule has 0 bridgehead atoms. The quantitative estimate of drug-likeness (QED) is 0.418. The zero-order chi connectivity index (χ0) is 15.0. The van der Waals surface area contributed by atoms with Crippen molar-refractivity contribution in [2.75, 3.05) is 0 Å². The van der Waals surface area contributed by atoms with Crippen LogP contribution in [0.1, 0.15) is 11.3 Å². The Kier molecular flexibility index (Phi) is 5.82. The Morgan fingerprint density at radius 3 is 2.77 bits per heavy atom. The molecule has 6 heteroatoms. The molecule has 108 valence electrons. The van der Waals surface area contributed by atoms with Gasteiger partial charge in [0.2, 0.25) is 0 Å². The summed E-state index contributed by atoms with van der Waals surface area (Å²) in [6.07, 6.45) is 5.99. The van der Waals surface area contributed by atoms with E-state index in [-0.39, 0.29) is 51.4 Å². The molecule has 1 aromatic carbocycles. The molecule has 0 fully saturated rings. The van der Waals surface area contributed by atoms with Gasteiger partial charge < -0.3 is 4.57 Å². The number of carbonyl (C=O) groups excluding carboxylic acids is 1. The molecule has 3 aromatic rings. The molecule has 0 saturated heterocycles. The van der Waals surface area contributed by atoms with Crippen LogP contribution >= 0.6 is 11.6 Å². The summed E-state index contributed by atoms with van der Waals surface area (Å²) in [5.74, 6) is 0.905. The molecule has 0 spiro atoms. The molecule has 0 saturated carbocycles. The second-order valence-electron chi connectivity index (χ2n) is 4.80. The first-order chi connectivity index (χ1) is 10.1. The number of benzene rings is 1. The molecule has 0 atom stereocenters. The molecular weight excluding hydrogens is 325 g/mol. The third-order valence-corrected chi connectivity index (χ3v) is 3.82. The molecule has 0 aliphatic heterocycles. The molecule has 0 amide bonds. The number of hydrogen-bond donors (Lipinski definition) is 0. The van der Waals surface area contributed by atoms with Crippen molar-refractivity contribution >= 4 is 86.3 Å². The van der Waals surface area contributed by atoms with E-state index in [9.17, 15) is 4.79 Å². The summed E-state index contributed by atoms with van der Waals surface area (Å²) in [4.78, 5) is 10.6. The SMILES string of the molecule is Cc1nn(C)c(-n2ccc3c(Cl)cccc32)c1/C=C/C=O.[KH]. The fraction of sp³-hybridized carbons (Fsp3) is 0.125. The average molecular weight is 340 g/mol. The predicted octanol–water partition coefficient (Wildman–Crippen LogP) is 2.89. The Morgan fingerprint density at radius 2 is 2.05 bits per heavy atom. The Bertz CT molecular complexity index is 864. The van der Waals surface area contributed by atoms with Gasteiger partial charge in [-0.05, 0) is 37.3 Å². The van der Waals surface area contributed by atoms with Gasteiger partial charge >= 0.3 is 51.4 Å². The number of halogens is 1. The van der Waals surface area contributed by atoms with Crippen LogP contribution in [0.15, 0.2) is 36.5 Å². The first kappa shape index (κ1) is 17.7. The Hall–Kier alpha value is -0.694. The van der Waals surface area contributed by atoms with Crippen molar-refractivity contribution in [1.29, 1.82) is 0 Å². The van der Waals surface area contributed by atoms with Crippen LogP contribution in [-0.4, -0.2) is 72.0 Å². The van der Waals surface area contributed by atoms with E-state index >= 15 is 0 Å². The molecule has 0 N–H and O–H groups in total. The number of aryl methyl sites for hydroxylation is 2.